The molecule has 0 radical (unpaired) electrons. The van der Waals surface area contributed by atoms with Gasteiger partial charge in [-0.3, -0.25) is 5.10 Å². The Bertz CT molecular complexity index is 345. The van der Waals surface area contributed by atoms with Crippen LogP contribution in [0.1, 0.15) is 6.92 Å². The van der Waals surface area contributed by atoms with E-state index >= 15 is 0 Å². The van der Waals surface area contributed by atoms with Crippen LogP contribution in [0.25, 0.3) is 0 Å². The van der Waals surface area contributed by atoms with Crippen LogP contribution in [0.3, 0.4) is 0 Å². The summed E-state index contributed by atoms with van der Waals surface area (Å²) in [6.45, 7) is 1.33. The summed E-state index contributed by atoms with van der Waals surface area (Å²) in [6.07, 6.45) is 2.47. The third-order valence-electron chi connectivity index (χ3n) is 1.41. The monoisotopic (exact) mass is 205 g/mol. The lowest BCUT2D eigenvalue weighted by Crippen LogP contribution is -2.34. The smallest absolute Gasteiger partial charge is 0.244 e. The van der Waals surface area contributed by atoms with Gasteiger partial charge in [-0.25, -0.2) is 13.1 Å². The standard InChI is InChI=1S/C6H11N3O3S/c1-5(4-10)9-13(11,12)6-2-7-8-3-6/h2-3,5,9-10H,4H2,1H3,(H,7,8). The molecule has 0 bridgehead atoms. The molecule has 0 fully saturated rings. The highest BCUT2D eigenvalue weighted by Crippen LogP contribution is 2.04. The van der Waals surface area contributed by atoms with Gasteiger partial charge in [-0.1, -0.05) is 0 Å². The molecule has 0 amide bonds. The lowest BCUT2D eigenvalue weighted by Gasteiger charge is -2.09. The zero-order valence-corrected chi connectivity index (χ0v) is 7.87. The van der Waals surface area contributed by atoms with Crippen LogP contribution >= 0.6 is 0 Å². The normalized spacial score (nSPS) is 14.3. The molecule has 0 spiro atoms. The molecule has 74 valence electrons. The Morgan fingerprint density at radius 2 is 2.46 bits per heavy atom. The lowest BCUT2D eigenvalue weighted by atomic mass is 10.4. The Labute approximate surface area is 76.0 Å². The van der Waals surface area contributed by atoms with Crippen molar-refractivity contribution in [1.82, 2.24) is 14.9 Å². The molecule has 3 N–H and O–H groups in total. The van der Waals surface area contributed by atoms with Crippen LogP contribution in [0.15, 0.2) is 17.3 Å². The van der Waals surface area contributed by atoms with E-state index in [1.165, 1.54) is 12.4 Å². The molecule has 0 aliphatic carbocycles. The molecule has 1 aromatic rings. The van der Waals surface area contributed by atoms with E-state index < -0.39 is 16.1 Å². The Balaban J connectivity index is 2.79. The molecule has 0 aliphatic heterocycles. The summed E-state index contributed by atoms with van der Waals surface area (Å²) < 4.78 is 25.0. The van der Waals surface area contributed by atoms with Crippen LogP contribution in [0, 0.1) is 0 Å². The Hall–Kier alpha value is -0.920. The van der Waals surface area contributed by atoms with Gasteiger partial charge in [0.05, 0.1) is 12.8 Å². The highest BCUT2D eigenvalue weighted by molar-refractivity contribution is 7.89. The second-order valence-electron chi connectivity index (χ2n) is 2.64. The number of sulfonamides is 1. The minimum atomic E-state index is -3.53. The predicted molar refractivity (Wildman–Crippen MR) is 45.5 cm³/mol. The summed E-state index contributed by atoms with van der Waals surface area (Å²) in [5, 5.41) is 14.6. The van der Waals surface area contributed by atoms with Crippen molar-refractivity contribution < 1.29 is 13.5 Å². The van der Waals surface area contributed by atoms with Gasteiger partial charge in [-0.15, -0.1) is 0 Å². The molecule has 13 heavy (non-hydrogen) atoms. The van der Waals surface area contributed by atoms with E-state index in [0.717, 1.165) is 0 Å². The fraction of sp³-hybridized carbons (Fsp3) is 0.500. The number of aromatic nitrogens is 2. The van der Waals surface area contributed by atoms with E-state index in [0.29, 0.717) is 0 Å². The van der Waals surface area contributed by atoms with Crippen molar-refractivity contribution in [1.29, 1.82) is 0 Å². The summed E-state index contributed by atoms with van der Waals surface area (Å²) in [6, 6.07) is -0.500. The first kappa shape index (κ1) is 10.2. The quantitative estimate of drug-likeness (QED) is 0.591. The second kappa shape index (κ2) is 3.86. The third kappa shape index (κ3) is 2.51. The Morgan fingerprint density at radius 1 is 1.77 bits per heavy atom. The van der Waals surface area contributed by atoms with Crippen molar-refractivity contribution in [3.05, 3.63) is 12.4 Å². The molecule has 7 heteroatoms. The Morgan fingerprint density at radius 3 is 2.92 bits per heavy atom. The number of hydrogen-bond acceptors (Lipinski definition) is 4. The van der Waals surface area contributed by atoms with E-state index in [2.05, 4.69) is 14.9 Å². The summed E-state index contributed by atoms with van der Waals surface area (Å²) >= 11 is 0. The number of H-pyrrole nitrogens is 1. The van der Waals surface area contributed by atoms with Crippen LogP contribution in [0.2, 0.25) is 0 Å². The zero-order chi connectivity index (χ0) is 9.90. The number of aliphatic hydroxyl groups excluding tert-OH is 1. The Kier molecular flexibility index (Phi) is 3.02. The van der Waals surface area contributed by atoms with Gasteiger partial charge in [0.25, 0.3) is 0 Å². The largest absolute Gasteiger partial charge is 0.395 e. The first-order valence-corrected chi connectivity index (χ1v) is 5.16. The van der Waals surface area contributed by atoms with E-state index in [4.69, 9.17) is 5.11 Å². The predicted octanol–water partition coefficient (Wildman–Crippen LogP) is -0.931. The van der Waals surface area contributed by atoms with Crippen molar-refractivity contribution in [2.75, 3.05) is 6.61 Å². The van der Waals surface area contributed by atoms with Gasteiger partial charge in [-0.2, -0.15) is 5.10 Å². The van der Waals surface area contributed by atoms with Crippen LogP contribution in [0.5, 0.6) is 0 Å². The van der Waals surface area contributed by atoms with Crippen molar-refractivity contribution >= 4 is 10.0 Å². The fourth-order valence-electron chi connectivity index (χ4n) is 0.756. The molecular weight excluding hydrogens is 194 g/mol. The van der Waals surface area contributed by atoms with Crippen LogP contribution in [-0.4, -0.2) is 36.4 Å². The third-order valence-corrected chi connectivity index (χ3v) is 2.97. The SMILES string of the molecule is CC(CO)NS(=O)(=O)c1cn[nH]c1. The number of nitrogens with zero attached hydrogens (tertiary/aromatic N) is 1. The van der Waals surface area contributed by atoms with Crippen LogP contribution in [-0.2, 0) is 10.0 Å². The maximum atomic E-state index is 11.4. The molecule has 1 atom stereocenters. The van der Waals surface area contributed by atoms with Crippen molar-refractivity contribution in [3.63, 3.8) is 0 Å². The molecule has 0 aliphatic rings. The van der Waals surface area contributed by atoms with E-state index in [1.54, 1.807) is 6.92 Å². The average molecular weight is 205 g/mol. The van der Waals surface area contributed by atoms with Gasteiger partial charge in [0.2, 0.25) is 10.0 Å². The van der Waals surface area contributed by atoms with Crippen LogP contribution in [0.4, 0.5) is 0 Å². The number of aliphatic hydroxyl groups is 1. The minimum absolute atomic E-state index is 0.0628. The van der Waals surface area contributed by atoms with E-state index in [1.807, 2.05) is 0 Å². The summed E-state index contributed by atoms with van der Waals surface area (Å²) in [5.41, 5.74) is 0. The highest BCUT2D eigenvalue weighted by Gasteiger charge is 2.17. The average Bonchev–Trinajstić information content (AvgIpc) is 2.55. The molecule has 0 saturated carbocycles. The number of rotatable bonds is 4. The topological polar surface area (TPSA) is 95.1 Å². The van der Waals surface area contributed by atoms with Gasteiger partial charge in [0, 0.05) is 12.2 Å². The van der Waals surface area contributed by atoms with Crippen molar-refractivity contribution in [2.45, 2.75) is 17.9 Å². The van der Waals surface area contributed by atoms with Crippen molar-refractivity contribution in [2.24, 2.45) is 0 Å². The summed E-state index contributed by atoms with van der Waals surface area (Å²) in [4.78, 5) is 0.0628. The first-order chi connectivity index (χ1) is 6.06. The van der Waals surface area contributed by atoms with E-state index in [9.17, 15) is 8.42 Å². The highest BCUT2D eigenvalue weighted by atomic mass is 32.2. The van der Waals surface area contributed by atoms with Gasteiger partial charge < -0.3 is 5.11 Å². The number of nitrogens with one attached hydrogen (secondary N) is 2. The van der Waals surface area contributed by atoms with E-state index in [-0.39, 0.29) is 11.5 Å². The molecule has 6 nitrogen and oxygen atoms in total. The zero-order valence-electron chi connectivity index (χ0n) is 7.06. The first-order valence-electron chi connectivity index (χ1n) is 3.68. The summed E-state index contributed by atoms with van der Waals surface area (Å²) in [7, 11) is -3.53. The van der Waals surface area contributed by atoms with Gasteiger partial charge in [0.15, 0.2) is 0 Å². The molecule has 0 saturated heterocycles. The summed E-state index contributed by atoms with van der Waals surface area (Å²) in [5.74, 6) is 0. The number of hydrogen-bond donors (Lipinski definition) is 3. The lowest BCUT2D eigenvalue weighted by molar-refractivity contribution is 0.265. The molecule has 1 aromatic heterocycles. The maximum Gasteiger partial charge on any atom is 0.244 e. The molecule has 0 aromatic carbocycles. The van der Waals surface area contributed by atoms with Gasteiger partial charge in [-0.05, 0) is 6.92 Å². The molecule has 1 unspecified atom stereocenters. The number of aromatic amines is 1. The van der Waals surface area contributed by atoms with Crippen molar-refractivity contribution in [3.8, 4) is 0 Å². The molecule has 1 heterocycles. The van der Waals surface area contributed by atoms with Crippen LogP contribution < -0.4 is 4.72 Å². The molecular formula is C6H11N3O3S. The fourth-order valence-corrected chi connectivity index (χ4v) is 1.90. The molecule has 1 rings (SSSR count). The van der Waals surface area contributed by atoms with Gasteiger partial charge in [0.1, 0.15) is 4.90 Å². The maximum absolute atomic E-state index is 11.4. The van der Waals surface area contributed by atoms with Gasteiger partial charge >= 0.3 is 0 Å². The minimum Gasteiger partial charge on any atom is -0.395 e. The second-order valence-corrected chi connectivity index (χ2v) is 4.35.